The largest absolute Gasteiger partial charge is 0.480 e. The molecule has 0 radical (unpaired) electrons. The first-order chi connectivity index (χ1) is 9.50. The van der Waals surface area contributed by atoms with E-state index in [-0.39, 0.29) is 29.8 Å². The molecule has 2 heterocycles. The zero-order valence-electron chi connectivity index (χ0n) is 11.1. The van der Waals surface area contributed by atoms with Crippen molar-refractivity contribution in [2.45, 2.75) is 31.3 Å². The fraction of sp³-hybridized carbons (Fsp3) is 0.462. The van der Waals surface area contributed by atoms with E-state index >= 15 is 0 Å². The van der Waals surface area contributed by atoms with E-state index in [0.29, 0.717) is 5.75 Å². The summed E-state index contributed by atoms with van der Waals surface area (Å²) < 4.78 is 1.45. The van der Waals surface area contributed by atoms with Gasteiger partial charge in [0.15, 0.2) is 0 Å². The first-order valence-electron chi connectivity index (χ1n) is 6.31. The van der Waals surface area contributed by atoms with Gasteiger partial charge in [0.25, 0.3) is 5.56 Å². The number of aliphatic carboxylic acids is 1. The average Bonchev–Trinajstić information content (AvgIpc) is 2.79. The lowest BCUT2D eigenvalue weighted by Gasteiger charge is -2.25. The molecule has 6 nitrogen and oxygen atoms in total. The molecule has 0 spiro atoms. The van der Waals surface area contributed by atoms with Crippen LogP contribution >= 0.6 is 11.8 Å². The number of aryl methyl sites for hydroxylation is 1. The summed E-state index contributed by atoms with van der Waals surface area (Å²) in [5, 5.41) is 8.97. The second kappa shape index (κ2) is 6.13. The van der Waals surface area contributed by atoms with Crippen LogP contribution < -0.4 is 5.56 Å². The van der Waals surface area contributed by atoms with Gasteiger partial charge in [-0.1, -0.05) is 6.07 Å². The smallest absolute Gasteiger partial charge is 0.327 e. The van der Waals surface area contributed by atoms with Gasteiger partial charge >= 0.3 is 5.97 Å². The van der Waals surface area contributed by atoms with Gasteiger partial charge in [0.2, 0.25) is 5.91 Å². The van der Waals surface area contributed by atoms with Crippen LogP contribution in [0, 0.1) is 0 Å². The Morgan fingerprint density at radius 1 is 1.45 bits per heavy atom. The number of hydrogen-bond acceptors (Lipinski definition) is 4. The third kappa shape index (κ3) is 3.04. The average molecular weight is 296 g/mol. The summed E-state index contributed by atoms with van der Waals surface area (Å²) in [6.45, 7) is 2.08. The Labute approximate surface area is 120 Å². The van der Waals surface area contributed by atoms with Crippen LogP contribution in [0.4, 0.5) is 0 Å². The van der Waals surface area contributed by atoms with E-state index in [4.69, 9.17) is 5.11 Å². The molecule has 1 saturated heterocycles. The molecule has 1 amide bonds. The molecular formula is C13H16N2O4S. The van der Waals surface area contributed by atoms with Crippen LogP contribution in [-0.2, 0) is 16.1 Å². The Balaban J connectivity index is 2.03. The van der Waals surface area contributed by atoms with E-state index in [2.05, 4.69) is 0 Å². The number of rotatable bonds is 4. The number of carboxylic acid groups (broad SMARTS) is 1. The van der Waals surface area contributed by atoms with Crippen molar-refractivity contribution in [1.29, 1.82) is 0 Å². The number of carbonyl (C=O) groups excluding carboxylic acids is 1. The maximum Gasteiger partial charge on any atom is 0.327 e. The molecular weight excluding hydrogens is 280 g/mol. The number of thioether (sulfide) groups is 1. The van der Waals surface area contributed by atoms with Crippen molar-refractivity contribution >= 4 is 23.6 Å². The van der Waals surface area contributed by atoms with Crippen LogP contribution in [0.15, 0.2) is 29.2 Å². The van der Waals surface area contributed by atoms with E-state index < -0.39 is 12.0 Å². The van der Waals surface area contributed by atoms with Gasteiger partial charge in [-0.3, -0.25) is 9.59 Å². The molecule has 1 aliphatic heterocycles. The van der Waals surface area contributed by atoms with Crippen LogP contribution in [0.1, 0.15) is 13.3 Å². The van der Waals surface area contributed by atoms with Gasteiger partial charge in [-0.15, -0.1) is 11.8 Å². The first kappa shape index (κ1) is 14.6. The molecule has 1 N–H and O–H groups in total. The number of hydrogen-bond donors (Lipinski definition) is 1. The molecule has 2 unspecified atom stereocenters. The molecule has 2 atom stereocenters. The van der Waals surface area contributed by atoms with Gasteiger partial charge in [-0.2, -0.15) is 0 Å². The van der Waals surface area contributed by atoms with Crippen LogP contribution in [0.25, 0.3) is 0 Å². The molecule has 20 heavy (non-hydrogen) atoms. The number of pyridine rings is 1. The summed E-state index contributed by atoms with van der Waals surface area (Å²) in [6, 6.07) is 4.02. The van der Waals surface area contributed by atoms with Crippen molar-refractivity contribution in [2.24, 2.45) is 0 Å². The van der Waals surface area contributed by atoms with E-state index in [1.165, 1.54) is 27.3 Å². The van der Waals surface area contributed by atoms with Gasteiger partial charge in [0, 0.05) is 31.0 Å². The minimum absolute atomic E-state index is 0.124. The van der Waals surface area contributed by atoms with Gasteiger partial charge < -0.3 is 14.6 Å². The molecule has 1 fully saturated rings. The molecule has 2 rings (SSSR count). The highest BCUT2D eigenvalue weighted by molar-refractivity contribution is 8.00. The molecule has 1 aromatic heterocycles. The zero-order valence-corrected chi connectivity index (χ0v) is 11.9. The summed E-state index contributed by atoms with van der Waals surface area (Å²) in [5.41, 5.74) is -0.168. The van der Waals surface area contributed by atoms with Crippen LogP contribution in [0.5, 0.6) is 0 Å². The van der Waals surface area contributed by atoms with E-state index in [1.807, 2.05) is 6.92 Å². The number of aromatic nitrogens is 1. The first-order valence-corrected chi connectivity index (χ1v) is 7.36. The van der Waals surface area contributed by atoms with Crippen molar-refractivity contribution in [1.82, 2.24) is 9.47 Å². The van der Waals surface area contributed by atoms with Crippen molar-refractivity contribution in [3.8, 4) is 0 Å². The Kier molecular flexibility index (Phi) is 4.49. The van der Waals surface area contributed by atoms with Crippen molar-refractivity contribution in [2.75, 3.05) is 5.75 Å². The maximum atomic E-state index is 12.2. The van der Waals surface area contributed by atoms with E-state index in [9.17, 15) is 14.4 Å². The predicted molar refractivity (Wildman–Crippen MR) is 75.5 cm³/mol. The fourth-order valence-corrected chi connectivity index (χ4v) is 3.39. The van der Waals surface area contributed by atoms with Gasteiger partial charge in [-0.05, 0) is 13.0 Å². The number of carboxylic acids is 1. The number of nitrogens with zero attached hydrogens (tertiary/aromatic N) is 2. The minimum atomic E-state index is -0.980. The molecule has 7 heteroatoms. The van der Waals surface area contributed by atoms with Crippen LogP contribution in [-0.4, -0.2) is 43.6 Å². The van der Waals surface area contributed by atoms with E-state index in [0.717, 1.165) is 0 Å². The highest BCUT2D eigenvalue weighted by atomic mass is 32.2. The summed E-state index contributed by atoms with van der Waals surface area (Å²) in [6.07, 6.45) is 1.74. The predicted octanol–water partition coefficient (Wildman–Crippen LogP) is 0.613. The molecule has 1 aliphatic rings. The van der Waals surface area contributed by atoms with Crippen molar-refractivity contribution < 1.29 is 14.7 Å². The van der Waals surface area contributed by atoms with Crippen molar-refractivity contribution in [3.63, 3.8) is 0 Å². The lowest BCUT2D eigenvalue weighted by atomic mass is 10.2. The Bertz CT molecular complexity index is 571. The van der Waals surface area contributed by atoms with Gasteiger partial charge in [0.05, 0.1) is 5.37 Å². The van der Waals surface area contributed by atoms with Crippen LogP contribution in [0.2, 0.25) is 0 Å². The monoisotopic (exact) mass is 296 g/mol. The SMILES string of the molecule is CC1SCC(C(=O)O)N1C(=O)CCn1ccccc1=O. The van der Waals surface area contributed by atoms with E-state index in [1.54, 1.807) is 18.3 Å². The summed E-state index contributed by atoms with van der Waals surface area (Å²) in [4.78, 5) is 36.3. The standard InChI is InChI=1S/C13H16N2O4S/c1-9-15(10(8-20-9)13(18)19)12(17)5-7-14-6-3-2-4-11(14)16/h2-4,6,9-10H,5,7-8H2,1H3,(H,18,19). The second-order valence-corrected chi connectivity index (χ2v) is 5.92. The molecule has 0 aliphatic carbocycles. The molecule has 0 aromatic carbocycles. The fourth-order valence-electron chi connectivity index (χ4n) is 2.20. The lowest BCUT2D eigenvalue weighted by molar-refractivity contribution is -0.149. The molecule has 0 bridgehead atoms. The van der Waals surface area contributed by atoms with Gasteiger partial charge in [0.1, 0.15) is 6.04 Å². The maximum absolute atomic E-state index is 12.2. The minimum Gasteiger partial charge on any atom is -0.480 e. The normalized spacial score (nSPS) is 21.9. The zero-order chi connectivity index (χ0) is 14.7. The molecule has 0 saturated carbocycles. The molecule has 1 aromatic rings. The Hall–Kier alpha value is -1.76. The third-order valence-corrected chi connectivity index (χ3v) is 4.48. The quantitative estimate of drug-likeness (QED) is 0.881. The van der Waals surface area contributed by atoms with Crippen LogP contribution in [0.3, 0.4) is 0 Å². The summed E-state index contributed by atoms with van der Waals surface area (Å²) in [5.74, 6) is -0.800. The highest BCUT2D eigenvalue weighted by Crippen LogP contribution is 2.29. The lowest BCUT2D eigenvalue weighted by Crippen LogP contribution is -2.45. The third-order valence-electron chi connectivity index (χ3n) is 3.26. The summed E-state index contributed by atoms with van der Waals surface area (Å²) >= 11 is 1.45. The Morgan fingerprint density at radius 3 is 2.85 bits per heavy atom. The second-order valence-electron chi connectivity index (χ2n) is 4.57. The highest BCUT2D eigenvalue weighted by Gasteiger charge is 2.38. The Morgan fingerprint density at radius 2 is 2.20 bits per heavy atom. The number of amides is 1. The van der Waals surface area contributed by atoms with Gasteiger partial charge in [-0.25, -0.2) is 4.79 Å². The number of carbonyl (C=O) groups is 2. The topological polar surface area (TPSA) is 79.6 Å². The molecule has 108 valence electrons. The summed E-state index contributed by atoms with van der Waals surface area (Å²) in [7, 11) is 0. The van der Waals surface area contributed by atoms with Crippen molar-refractivity contribution in [3.05, 3.63) is 34.7 Å².